The molecule has 170 valence electrons. The lowest BCUT2D eigenvalue weighted by Gasteiger charge is -2.16. The van der Waals surface area contributed by atoms with Crippen LogP contribution in [0, 0.1) is 26.2 Å². The average Bonchev–Trinajstić information content (AvgIpc) is 3.15. The number of anilines is 1. The minimum Gasteiger partial charge on any atom is -0.485 e. The zero-order chi connectivity index (χ0) is 24.1. The highest BCUT2D eigenvalue weighted by Crippen LogP contribution is 2.26. The predicted molar refractivity (Wildman–Crippen MR) is 138 cm³/mol. The number of imidazole rings is 1. The first-order chi connectivity index (χ1) is 16.5. The molecule has 2 aromatic heterocycles. The van der Waals surface area contributed by atoms with E-state index in [0.29, 0.717) is 24.3 Å². The third-order valence-electron chi connectivity index (χ3n) is 5.48. The van der Waals surface area contributed by atoms with Crippen LogP contribution in [0.15, 0.2) is 66.9 Å². The van der Waals surface area contributed by atoms with Crippen LogP contribution in [-0.4, -0.2) is 20.4 Å². The molecule has 0 fully saturated rings. The van der Waals surface area contributed by atoms with E-state index in [4.69, 9.17) is 23.4 Å². The molecule has 0 radical (unpaired) electrons. The lowest BCUT2D eigenvalue weighted by Crippen LogP contribution is -2.34. The Morgan fingerprint density at radius 3 is 2.68 bits per heavy atom. The molecule has 0 aliphatic heterocycles. The van der Waals surface area contributed by atoms with Crippen LogP contribution in [0.3, 0.4) is 0 Å². The average molecular weight is 469 g/mol. The number of rotatable bonds is 6. The van der Waals surface area contributed by atoms with Crippen LogP contribution in [0.2, 0.25) is 0 Å². The minimum atomic E-state index is -0.271. The fourth-order valence-corrected chi connectivity index (χ4v) is 3.91. The van der Waals surface area contributed by atoms with Crippen LogP contribution in [0.4, 0.5) is 5.69 Å². The molecule has 2 heterocycles. The van der Waals surface area contributed by atoms with Gasteiger partial charge >= 0.3 is 0 Å². The van der Waals surface area contributed by atoms with Crippen molar-refractivity contribution >= 4 is 34.6 Å². The van der Waals surface area contributed by atoms with Crippen molar-refractivity contribution in [2.45, 2.75) is 26.9 Å². The Hall–Kier alpha value is -4.15. The van der Waals surface area contributed by atoms with Crippen LogP contribution in [0.1, 0.15) is 32.9 Å². The third kappa shape index (κ3) is 4.92. The largest absolute Gasteiger partial charge is 0.485 e. The van der Waals surface area contributed by atoms with E-state index >= 15 is 0 Å². The summed E-state index contributed by atoms with van der Waals surface area (Å²) < 4.78 is 8.17. The maximum atomic E-state index is 12.4. The molecule has 0 saturated heterocycles. The summed E-state index contributed by atoms with van der Waals surface area (Å²) in [6.45, 7) is 4.23. The van der Waals surface area contributed by atoms with Gasteiger partial charge in [0.2, 0.25) is 0 Å². The number of ether oxygens (including phenoxy) is 1. The van der Waals surface area contributed by atoms with E-state index in [1.54, 1.807) is 24.3 Å². The number of aryl methyl sites for hydroxylation is 2. The van der Waals surface area contributed by atoms with Gasteiger partial charge in [-0.25, -0.2) is 4.98 Å². The summed E-state index contributed by atoms with van der Waals surface area (Å²) in [5.74, 6) is 3.07. The van der Waals surface area contributed by atoms with Gasteiger partial charge in [0.1, 0.15) is 6.61 Å². The van der Waals surface area contributed by atoms with Crippen molar-refractivity contribution in [3.05, 3.63) is 94.9 Å². The van der Waals surface area contributed by atoms with Gasteiger partial charge in [-0.1, -0.05) is 30.3 Å². The highest BCUT2D eigenvalue weighted by atomic mass is 32.1. The Labute approximate surface area is 204 Å². The van der Waals surface area contributed by atoms with Crippen molar-refractivity contribution in [1.82, 2.24) is 14.7 Å². The number of fused-ring (bicyclic) bond motifs is 1. The number of aromatic nitrogens is 2. The van der Waals surface area contributed by atoms with Crippen LogP contribution >= 0.6 is 12.2 Å². The second-order valence-corrected chi connectivity index (χ2v) is 8.16. The number of hydrogen-bond donors (Lipinski definition) is 2. The number of pyridine rings is 1. The minimum absolute atomic E-state index is 0.214. The van der Waals surface area contributed by atoms with Crippen molar-refractivity contribution in [3.63, 3.8) is 0 Å². The molecule has 7 heteroatoms. The van der Waals surface area contributed by atoms with Gasteiger partial charge in [0.05, 0.1) is 17.8 Å². The lowest BCUT2D eigenvalue weighted by molar-refractivity contribution is 0.0977. The maximum Gasteiger partial charge on any atom is 0.257 e. The van der Waals surface area contributed by atoms with Crippen molar-refractivity contribution in [3.8, 4) is 18.1 Å². The summed E-state index contributed by atoms with van der Waals surface area (Å²) in [5, 5.41) is 6.07. The van der Waals surface area contributed by atoms with Gasteiger partial charge < -0.3 is 10.1 Å². The van der Waals surface area contributed by atoms with Crippen LogP contribution in [0.5, 0.6) is 5.75 Å². The monoisotopic (exact) mass is 468 g/mol. The van der Waals surface area contributed by atoms with Crippen LogP contribution in [-0.2, 0) is 13.0 Å². The number of hydrogen-bond acceptors (Lipinski definition) is 4. The normalized spacial score (nSPS) is 10.5. The van der Waals surface area contributed by atoms with E-state index in [9.17, 15) is 4.79 Å². The van der Waals surface area contributed by atoms with Crippen molar-refractivity contribution in [2.75, 3.05) is 5.32 Å². The number of terminal acetylenes is 1. The van der Waals surface area contributed by atoms with E-state index in [2.05, 4.69) is 21.5 Å². The van der Waals surface area contributed by atoms with Gasteiger partial charge in [-0.3, -0.25) is 14.5 Å². The van der Waals surface area contributed by atoms with Crippen molar-refractivity contribution in [2.24, 2.45) is 0 Å². The Morgan fingerprint density at radius 2 is 1.91 bits per heavy atom. The number of benzene rings is 2. The van der Waals surface area contributed by atoms with Gasteiger partial charge in [0.15, 0.2) is 16.5 Å². The van der Waals surface area contributed by atoms with E-state index < -0.39 is 0 Å². The summed E-state index contributed by atoms with van der Waals surface area (Å²) in [5.41, 5.74) is 5.82. The fourth-order valence-electron chi connectivity index (χ4n) is 3.71. The number of amides is 1. The molecular weight excluding hydrogens is 444 g/mol. The molecule has 0 aliphatic carbocycles. The SMILES string of the molecule is C#CCc1c(C)nc2c(OCc3c(C)cccc3NC(=S)NC(=O)c3ccccc3)cccn12. The quantitative estimate of drug-likeness (QED) is 0.313. The number of thiocarbonyl (C=S) groups is 1. The molecule has 0 spiro atoms. The summed E-state index contributed by atoms with van der Waals surface area (Å²) in [6, 6.07) is 18.6. The molecule has 0 bridgehead atoms. The van der Waals surface area contributed by atoms with Crippen molar-refractivity contribution < 1.29 is 9.53 Å². The molecule has 0 saturated carbocycles. The summed E-state index contributed by atoms with van der Waals surface area (Å²) in [6.07, 6.45) is 7.95. The topological polar surface area (TPSA) is 67.7 Å². The standard InChI is InChI=1S/C27H24N4O2S/c1-4-10-23-19(3)28-25-24(15-9-16-31(23)25)33-17-21-18(2)11-8-14-22(21)29-27(34)30-26(32)20-12-6-5-7-13-20/h1,5-9,11-16H,10,17H2,2-3H3,(H2,29,30,32,34). The fraction of sp³-hybridized carbons (Fsp3) is 0.148. The highest BCUT2D eigenvalue weighted by molar-refractivity contribution is 7.80. The molecule has 1 amide bonds. The van der Waals surface area contributed by atoms with E-state index in [1.807, 2.05) is 60.8 Å². The number of carbonyl (C=O) groups is 1. The molecule has 6 nitrogen and oxygen atoms in total. The summed E-state index contributed by atoms with van der Waals surface area (Å²) >= 11 is 5.38. The molecule has 0 atom stereocenters. The first-order valence-electron chi connectivity index (χ1n) is 10.8. The van der Waals surface area contributed by atoms with E-state index in [1.165, 1.54) is 0 Å². The van der Waals surface area contributed by atoms with Crippen molar-refractivity contribution in [1.29, 1.82) is 0 Å². The number of carbonyl (C=O) groups excluding carboxylic acids is 1. The molecule has 34 heavy (non-hydrogen) atoms. The maximum absolute atomic E-state index is 12.4. The number of nitrogens with zero attached hydrogens (tertiary/aromatic N) is 2. The first kappa shape index (κ1) is 23.0. The highest BCUT2D eigenvalue weighted by Gasteiger charge is 2.14. The molecule has 2 N–H and O–H groups in total. The molecular formula is C27H24N4O2S. The van der Waals surface area contributed by atoms with E-state index in [-0.39, 0.29) is 11.0 Å². The van der Waals surface area contributed by atoms with Crippen LogP contribution < -0.4 is 15.4 Å². The smallest absolute Gasteiger partial charge is 0.257 e. The zero-order valence-electron chi connectivity index (χ0n) is 19.0. The predicted octanol–water partition coefficient (Wildman–Crippen LogP) is 4.83. The molecule has 2 aromatic carbocycles. The second kappa shape index (κ2) is 10.2. The van der Waals surface area contributed by atoms with Gasteiger partial charge in [-0.2, -0.15) is 0 Å². The van der Waals surface area contributed by atoms with Gasteiger partial charge in [-0.05, 0) is 62.0 Å². The zero-order valence-corrected chi connectivity index (χ0v) is 19.8. The lowest BCUT2D eigenvalue weighted by atomic mass is 10.1. The molecule has 4 rings (SSSR count). The van der Waals surface area contributed by atoms with Gasteiger partial charge in [0.25, 0.3) is 5.91 Å². The summed E-state index contributed by atoms with van der Waals surface area (Å²) in [7, 11) is 0. The third-order valence-corrected chi connectivity index (χ3v) is 5.68. The molecule has 0 aliphatic rings. The summed E-state index contributed by atoms with van der Waals surface area (Å²) in [4.78, 5) is 17.1. The van der Waals surface area contributed by atoms with Gasteiger partial charge in [0, 0.05) is 23.0 Å². The Morgan fingerprint density at radius 1 is 1.12 bits per heavy atom. The first-order valence-corrected chi connectivity index (χ1v) is 11.2. The molecule has 4 aromatic rings. The Kier molecular flexibility index (Phi) is 6.90. The molecule has 0 unspecified atom stereocenters. The second-order valence-electron chi connectivity index (χ2n) is 7.75. The Bertz CT molecular complexity index is 1400. The van der Waals surface area contributed by atoms with Crippen LogP contribution in [0.25, 0.3) is 5.65 Å². The number of nitrogens with one attached hydrogen (secondary N) is 2. The van der Waals surface area contributed by atoms with Gasteiger partial charge in [-0.15, -0.1) is 12.3 Å². The Balaban J connectivity index is 1.52. The van der Waals surface area contributed by atoms with E-state index in [0.717, 1.165) is 33.8 Å².